The molecule has 1 atom stereocenters. The first-order chi connectivity index (χ1) is 9.31. The molecule has 1 heterocycles. The lowest BCUT2D eigenvalue weighted by molar-refractivity contribution is 0.138. The first kappa shape index (κ1) is 14.1. The maximum Gasteiger partial charge on any atom is 0.125 e. The van der Waals surface area contributed by atoms with Gasteiger partial charge < -0.3 is 14.6 Å². The molecule has 0 aliphatic rings. The summed E-state index contributed by atoms with van der Waals surface area (Å²) in [7, 11) is 1.64. The average molecular weight is 278 g/mol. The Kier molecular flexibility index (Phi) is 5.39. The molecule has 2 aromatic rings. The Bertz CT molecular complexity index is 482. The van der Waals surface area contributed by atoms with Crippen molar-refractivity contribution in [3.8, 4) is 5.75 Å². The van der Waals surface area contributed by atoms with Crippen LogP contribution >= 0.6 is 11.3 Å². The van der Waals surface area contributed by atoms with E-state index < -0.39 is 6.10 Å². The summed E-state index contributed by atoms with van der Waals surface area (Å²) in [6, 6.07) is 11.6. The molecule has 102 valence electrons. The van der Waals surface area contributed by atoms with Crippen LogP contribution in [0.5, 0.6) is 5.75 Å². The summed E-state index contributed by atoms with van der Waals surface area (Å²) in [5.74, 6) is 0.726. The molecule has 1 N–H and O–H groups in total. The van der Waals surface area contributed by atoms with Gasteiger partial charge in [0.05, 0.1) is 12.7 Å². The molecular formula is C15H18O3S. The van der Waals surface area contributed by atoms with Crippen LogP contribution in [0.4, 0.5) is 0 Å². The summed E-state index contributed by atoms with van der Waals surface area (Å²) >= 11 is 1.65. The zero-order chi connectivity index (χ0) is 13.5. The predicted molar refractivity (Wildman–Crippen MR) is 76.8 cm³/mol. The van der Waals surface area contributed by atoms with Gasteiger partial charge in [-0.3, -0.25) is 0 Å². The second-order valence-corrected chi connectivity index (χ2v) is 5.21. The van der Waals surface area contributed by atoms with E-state index in [0.717, 1.165) is 11.3 Å². The Balaban J connectivity index is 2.05. The summed E-state index contributed by atoms with van der Waals surface area (Å²) in [5, 5.41) is 12.3. The Labute approximate surface area is 117 Å². The number of hydrogen-bond acceptors (Lipinski definition) is 4. The minimum absolute atomic E-state index is 0.485. The number of benzene rings is 1. The third-order valence-corrected chi connectivity index (χ3v) is 3.70. The topological polar surface area (TPSA) is 38.7 Å². The minimum atomic E-state index is -0.544. The largest absolute Gasteiger partial charge is 0.491 e. The van der Waals surface area contributed by atoms with Crippen LogP contribution in [0.2, 0.25) is 0 Å². The first-order valence-electron chi connectivity index (χ1n) is 6.22. The van der Waals surface area contributed by atoms with E-state index in [4.69, 9.17) is 9.47 Å². The molecule has 3 nitrogen and oxygen atoms in total. The summed E-state index contributed by atoms with van der Waals surface area (Å²) in [4.78, 5) is 1.17. The molecule has 1 aromatic heterocycles. The Morgan fingerprint density at radius 1 is 1.16 bits per heavy atom. The monoisotopic (exact) mass is 278 g/mol. The fourth-order valence-electron chi connectivity index (χ4n) is 1.85. The van der Waals surface area contributed by atoms with Crippen LogP contribution in [0.3, 0.4) is 0 Å². The number of hydrogen-bond donors (Lipinski definition) is 1. The number of methoxy groups -OCH3 is 1. The normalized spacial score (nSPS) is 12.3. The SMILES string of the molecule is COCCOc1ccccc1C(O)Cc1cccs1. The van der Waals surface area contributed by atoms with E-state index in [-0.39, 0.29) is 0 Å². The smallest absolute Gasteiger partial charge is 0.125 e. The van der Waals surface area contributed by atoms with Gasteiger partial charge in [0, 0.05) is 24.0 Å². The molecule has 0 amide bonds. The third-order valence-electron chi connectivity index (χ3n) is 2.80. The number of thiophene rings is 1. The van der Waals surface area contributed by atoms with E-state index in [2.05, 4.69) is 0 Å². The summed E-state index contributed by atoms with van der Waals surface area (Å²) in [6.07, 6.45) is 0.0693. The van der Waals surface area contributed by atoms with Crippen LogP contribution < -0.4 is 4.74 Å². The number of para-hydroxylation sites is 1. The predicted octanol–water partition coefficient (Wildman–Crippen LogP) is 3.05. The van der Waals surface area contributed by atoms with Crippen LogP contribution in [-0.2, 0) is 11.2 Å². The molecule has 0 aliphatic heterocycles. The second-order valence-electron chi connectivity index (χ2n) is 4.18. The van der Waals surface area contributed by atoms with Crippen LogP contribution in [-0.4, -0.2) is 25.4 Å². The quantitative estimate of drug-likeness (QED) is 0.791. The van der Waals surface area contributed by atoms with Gasteiger partial charge in [-0.1, -0.05) is 24.3 Å². The highest BCUT2D eigenvalue weighted by Crippen LogP contribution is 2.28. The fourth-order valence-corrected chi connectivity index (χ4v) is 2.59. The molecule has 0 spiro atoms. The van der Waals surface area contributed by atoms with Crippen molar-refractivity contribution in [2.75, 3.05) is 20.3 Å². The highest BCUT2D eigenvalue weighted by Gasteiger charge is 2.14. The molecule has 0 saturated heterocycles. The van der Waals surface area contributed by atoms with Crippen LogP contribution in [0.15, 0.2) is 41.8 Å². The Morgan fingerprint density at radius 2 is 2.00 bits per heavy atom. The lowest BCUT2D eigenvalue weighted by Crippen LogP contribution is -2.08. The van der Waals surface area contributed by atoms with Crippen molar-refractivity contribution >= 4 is 11.3 Å². The molecule has 2 rings (SSSR count). The number of aliphatic hydroxyl groups is 1. The van der Waals surface area contributed by atoms with Gasteiger partial charge in [-0.25, -0.2) is 0 Å². The van der Waals surface area contributed by atoms with Crippen molar-refractivity contribution in [3.63, 3.8) is 0 Å². The molecule has 0 radical (unpaired) electrons. The number of aliphatic hydroxyl groups excluding tert-OH is 1. The van der Waals surface area contributed by atoms with Gasteiger partial charge in [-0.2, -0.15) is 0 Å². The molecule has 0 fully saturated rings. The van der Waals surface area contributed by atoms with E-state index in [1.165, 1.54) is 4.88 Å². The minimum Gasteiger partial charge on any atom is -0.491 e. The van der Waals surface area contributed by atoms with Crippen LogP contribution in [0.1, 0.15) is 16.5 Å². The lowest BCUT2D eigenvalue weighted by Gasteiger charge is -2.15. The zero-order valence-electron chi connectivity index (χ0n) is 10.9. The lowest BCUT2D eigenvalue weighted by atomic mass is 10.0. The Morgan fingerprint density at radius 3 is 2.74 bits per heavy atom. The number of rotatable bonds is 7. The van der Waals surface area contributed by atoms with E-state index >= 15 is 0 Å². The van der Waals surface area contributed by atoms with Gasteiger partial charge >= 0.3 is 0 Å². The average Bonchev–Trinajstić information content (AvgIpc) is 2.92. The van der Waals surface area contributed by atoms with E-state index in [9.17, 15) is 5.11 Å². The van der Waals surface area contributed by atoms with E-state index in [1.54, 1.807) is 18.4 Å². The third kappa shape index (κ3) is 4.06. The van der Waals surface area contributed by atoms with Gasteiger partial charge in [0.15, 0.2) is 0 Å². The molecule has 0 aliphatic carbocycles. The molecular weight excluding hydrogens is 260 g/mol. The fraction of sp³-hybridized carbons (Fsp3) is 0.333. The number of ether oxygens (including phenoxy) is 2. The standard InChI is InChI=1S/C15H18O3S/c1-17-8-9-18-15-7-3-2-6-13(15)14(16)11-12-5-4-10-19-12/h2-7,10,14,16H,8-9,11H2,1H3. The molecule has 0 saturated carbocycles. The highest BCUT2D eigenvalue weighted by molar-refractivity contribution is 7.09. The van der Waals surface area contributed by atoms with Gasteiger partial charge in [0.1, 0.15) is 12.4 Å². The second kappa shape index (κ2) is 7.28. The summed E-state index contributed by atoms with van der Waals surface area (Å²) in [6.45, 7) is 1.02. The van der Waals surface area contributed by atoms with E-state index in [0.29, 0.717) is 19.6 Å². The molecule has 4 heteroatoms. The van der Waals surface area contributed by atoms with E-state index in [1.807, 2.05) is 41.8 Å². The summed E-state index contributed by atoms with van der Waals surface area (Å²) in [5.41, 5.74) is 0.826. The van der Waals surface area contributed by atoms with Crippen molar-refractivity contribution in [2.45, 2.75) is 12.5 Å². The molecule has 1 unspecified atom stereocenters. The van der Waals surface area contributed by atoms with Crippen molar-refractivity contribution in [1.29, 1.82) is 0 Å². The van der Waals surface area contributed by atoms with Crippen LogP contribution in [0, 0.1) is 0 Å². The maximum absolute atomic E-state index is 10.3. The molecule has 19 heavy (non-hydrogen) atoms. The van der Waals surface area contributed by atoms with Crippen LogP contribution in [0.25, 0.3) is 0 Å². The molecule has 0 bridgehead atoms. The van der Waals surface area contributed by atoms with Crippen molar-refractivity contribution in [2.24, 2.45) is 0 Å². The van der Waals surface area contributed by atoms with Crippen molar-refractivity contribution in [3.05, 3.63) is 52.2 Å². The zero-order valence-corrected chi connectivity index (χ0v) is 11.7. The van der Waals surface area contributed by atoms with Gasteiger partial charge in [0.2, 0.25) is 0 Å². The van der Waals surface area contributed by atoms with Gasteiger partial charge in [-0.05, 0) is 17.5 Å². The van der Waals surface area contributed by atoms with Gasteiger partial charge in [-0.15, -0.1) is 11.3 Å². The first-order valence-corrected chi connectivity index (χ1v) is 7.10. The van der Waals surface area contributed by atoms with Gasteiger partial charge in [0.25, 0.3) is 0 Å². The highest BCUT2D eigenvalue weighted by atomic mass is 32.1. The van der Waals surface area contributed by atoms with Crippen molar-refractivity contribution < 1.29 is 14.6 Å². The summed E-state index contributed by atoms with van der Waals surface area (Å²) < 4.78 is 10.6. The Hall–Kier alpha value is -1.36. The van der Waals surface area contributed by atoms with Crippen molar-refractivity contribution in [1.82, 2.24) is 0 Å². The molecule has 1 aromatic carbocycles. The maximum atomic E-state index is 10.3.